The van der Waals surface area contributed by atoms with Crippen LogP contribution in [0.15, 0.2) is 121 Å². The average molecular weight is 1280 g/mol. The second-order valence-electron chi connectivity index (χ2n) is 26.8. The molecule has 2 saturated heterocycles. The maximum Gasteiger partial charge on any atom is 0.340 e. The molecule has 4 aromatic carbocycles. The molecule has 0 saturated carbocycles. The zero-order valence-corrected chi connectivity index (χ0v) is 55.7. The van der Waals surface area contributed by atoms with Crippen molar-refractivity contribution in [3.05, 3.63) is 144 Å². The molecule has 5 atom stereocenters. The van der Waals surface area contributed by atoms with Crippen LogP contribution in [-0.2, 0) is 52.3 Å². The number of nitrogens with zero attached hydrogens (tertiary/aromatic N) is 4. The third-order valence-corrected chi connectivity index (χ3v) is 15.4. The van der Waals surface area contributed by atoms with E-state index in [4.69, 9.17) is 37.9 Å². The van der Waals surface area contributed by atoms with E-state index in [1.54, 1.807) is 97.1 Å². The molecule has 4 aromatic rings. The molecular formula is C72H100N4O16. The third kappa shape index (κ3) is 26.1. The van der Waals surface area contributed by atoms with Crippen molar-refractivity contribution >= 4 is 41.8 Å². The normalized spacial score (nSPS) is 20.4. The van der Waals surface area contributed by atoms with Crippen LogP contribution in [0.25, 0.3) is 0 Å². The molecule has 0 aliphatic carbocycles. The van der Waals surface area contributed by atoms with Gasteiger partial charge in [-0.05, 0) is 150 Å². The van der Waals surface area contributed by atoms with Gasteiger partial charge >= 0.3 is 41.8 Å². The Kier molecular flexibility index (Phi) is 29.3. The lowest BCUT2D eigenvalue weighted by Crippen LogP contribution is -2.69. The number of aliphatic hydroxyl groups excluding tert-OH is 1. The van der Waals surface area contributed by atoms with Gasteiger partial charge < -0.3 is 47.9 Å². The first-order chi connectivity index (χ1) is 43.8. The summed E-state index contributed by atoms with van der Waals surface area (Å²) in [6, 6.07) is 32.5. The van der Waals surface area contributed by atoms with Gasteiger partial charge in [-0.15, -0.1) is 0 Å². The minimum absolute atomic E-state index is 0.0795. The van der Waals surface area contributed by atoms with E-state index in [0.29, 0.717) is 65.1 Å². The Morgan fingerprint density at radius 3 is 1.13 bits per heavy atom. The minimum atomic E-state index is -2.20. The summed E-state index contributed by atoms with van der Waals surface area (Å²) in [6.07, 6.45) is 1.38. The van der Waals surface area contributed by atoms with Gasteiger partial charge in [-0.25, -0.2) is 19.2 Å². The quantitative estimate of drug-likeness (QED) is 0.0350. The molecule has 92 heavy (non-hydrogen) atoms. The highest BCUT2D eigenvalue weighted by Crippen LogP contribution is 2.42. The number of carbonyl (C=O) groups excluding carboxylic acids is 7. The van der Waals surface area contributed by atoms with E-state index < -0.39 is 77.5 Å². The predicted octanol–water partition coefficient (Wildman–Crippen LogP) is 10.1. The number of esters is 7. The largest absolute Gasteiger partial charge is 0.459 e. The van der Waals surface area contributed by atoms with E-state index in [-0.39, 0.29) is 66.2 Å². The summed E-state index contributed by atoms with van der Waals surface area (Å²) >= 11 is 0. The molecule has 2 aliphatic heterocycles. The highest BCUT2D eigenvalue weighted by Gasteiger charge is 2.62. The van der Waals surface area contributed by atoms with Crippen LogP contribution in [0.4, 0.5) is 0 Å². The van der Waals surface area contributed by atoms with Crippen molar-refractivity contribution in [3.8, 4) is 0 Å². The summed E-state index contributed by atoms with van der Waals surface area (Å²) in [5.41, 5.74) is -1.34. The standard InChI is InChI=1S/C72H100N4O16/c1-69(2,3)89-59(78)50-74-44-31-45-76(52-61(80)91-71(7,8)9)49-48-75(51-60(79)90-70(4,5)6)43-30-42-73(46-47-74)41-29-15-13-11-10-12-14-28-40-72(92-68(84)57-38-26-19-27-39-57)64(87-67(83)56-36-24-18-25-37-56)63(86-66(82)55-34-22-17-23-35-55)62(58(53-77)88-72)85-65(81)54-32-20-16-21-33-54/h16-27,32-39,58,62-64,77H,10-15,28-31,40-53H2,1-9H3/t58-,62-,63+,64-,72-/m1/s1. The van der Waals surface area contributed by atoms with Crippen LogP contribution < -0.4 is 0 Å². The molecular weight excluding hydrogens is 1180 g/mol. The Morgan fingerprint density at radius 2 is 0.750 bits per heavy atom. The van der Waals surface area contributed by atoms with E-state index >= 15 is 0 Å². The SMILES string of the molecule is CC(C)(C)OC(=O)CN1CCCN(CC(=O)OC(C)(C)C)CCN(CC(=O)OC(C)(C)C)CCCN(CCCCCCCCCC[C@]2(OC(=O)c3ccccc3)O[C@H](CO)[C@@H](OC(=O)c3ccccc3)[C@H](OC(=O)c3ccccc3)[C@H]2OC(=O)c2ccccc2)CC1. The van der Waals surface area contributed by atoms with Crippen LogP contribution in [-0.4, -0.2) is 199 Å². The number of aliphatic hydroxyl groups is 1. The molecule has 20 nitrogen and oxygen atoms in total. The van der Waals surface area contributed by atoms with Gasteiger partial charge in [0.05, 0.1) is 48.5 Å². The summed E-state index contributed by atoms with van der Waals surface area (Å²) in [7, 11) is 0. The molecule has 504 valence electrons. The number of hydrogen-bond donors (Lipinski definition) is 1. The molecule has 0 spiro atoms. The van der Waals surface area contributed by atoms with Crippen LogP contribution in [0.5, 0.6) is 0 Å². The van der Waals surface area contributed by atoms with Gasteiger partial charge in [0.1, 0.15) is 22.9 Å². The number of benzene rings is 4. The van der Waals surface area contributed by atoms with Gasteiger partial charge in [-0.2, -0.15) is 0 Å². The monoisotopic (exact) mass is 1280 g/mol. The maximum absolute atomic E-state index is 14.4. The summed E-state index contributed by atoms with van der Waals surface area (Å²) in [6.45, 7) is 22.1. The zero-order chi connectivity index (χ0) is 66.7. The maximum atomic E-state index is 14.4. The fourth-order valence-electron chi connectivity index (χ4n) is 11.2. The molecule has 0 amide bonds. The van der Waals surface area contributed by atoms with E-state index in [2.05, 4.69) is 19.6 Å². The van der Waals surface area contributed by atoms with E-state index in [0.717, 1.165) is 58.0 Å². The lowest BCUT2D eigenvalue weighted by molar-refractivity contribution is -0.345. The topological polar surface area (TPSA) is 227 Å². The molecule has 2 heterocycles. The Morgan fingerprint density at radius 1 is 0.424 bits per heavy atom. The molecule has 20 heteroatoms. The molecule has 1 N–H and O–H groups in total. The van der Waals surface area contributed by atoms with Crippen molar-refractivity contribution < 1.29 is 76.6 Å². The van der Waals surface area contributed by atoms with Gasteiger partial charge in [0, 0.05) is 52.2 Å². The number of unbranched alkanes of at least 4 members (excludes halogenated alkanes) is 7. The highest BCUT2D eigenvalue weighted by atomic mass is 16.8. The first-order valence-corrected chi connectivity index (χ1v) is 32.7. The molecule has 0 bridgehead atoms. The number of rotatable bonds is 26. The summed E-state index contributed by atoms with van der Waals surface area (Å²) in [4.78, 5) is 105. The average Bonchev–Trinajstić information content (AvgIpc) is 0.747. The van der Waals surface area contributed by atoms with Crippen LogP contribution in [0.1, 0.15) is 174 Å². The Labute approximate surface area is 544 Å². The van der Waals surface area contributed by atoms with E-state index in [1.165, 1.54) is 24.3 Å². The van der Waals surface area contributed by atoms with Gasteiger partial charge in [0.2, 0.25) is 6.10 Å². The van der Waals surface area contributed by atoms with Crippen molar-refractivity contribution in [1.29, 1.82) is 0 Å². The first-order valence-electron chi connectivity index (χ1n) is 32.7. The van der Waals surface area contributed by atoms with Crippen LogP contribution in [0, 0.1) is 0 Å². The summed E-state index contributed by atoms with van der Waals surface area (Å²) in [5, 5.41) is 11.2. The molecule has 2 aliphatic rings. The van der Waals surface area contributed by atoms with Crippen LogP contribution in [0.2, 0.25) is 0 Å². The zero-order valence-electron chi connectivity index (χ0n) is 55.7. The van der Waals surface area contributed by atoms with Gasteiger partial charge in [-0.3, -0.25) is 29.1 Å². The summed E-state index contributed by atoms with van der Waals surface area (Å²) < 4.78 is 49.1. The van der Waals surface area contributed by atoms with Gasteiger partial charge in [-0.1, -0.05) is 111 Å². The highest BCUT2D eigenvalue weighted by molar-refractivity contribution is 5.92. The van der Waals surface area contributed by atoms with Crippen LogP contribution in [0.3, 0.4) is 0 Å². The second kappa shape index (κ2) is 36.4. The van der Waals surface area contributed by atoms with Crippen molar-refractivity contribution in [2.24, 2.45) is 0 Å². The van der Waals surface area contributed by atoms with Gasteiger partial charge in [0.25, 0.3) is 5.79 Å². The Balaban J connectivity index is 1.15. The van der Waals surface area contributed by atoms with Crippen molar-refractivity contribution in [2.45, 2.75) is 180 Å². The van der Waals surface area contributed by atoms with E-state index in [9.17, 15) is 38.7 Å². The lowest BCUT2D eigenvalue weighted by atomic mass is 9.88. The van der Waals surface area contributed by atoms with E-state index in [1.807, 2.05) is 62.3 Å². The number of carbonyl (C=O) groups is 7. The Hall–Kier alpha value is -7.07. The van der Waals surface area contributed by atoms with Crippen LogP contribution >= 0.6 is 0 Å². The molecule has 0 radical (unpaired) electrons. The molecule has 0 aromatic heterocycles. The predicted molar refractivity (Wildman–Crippen MR) is 348 cm³/mol. The fourth-order valence-corrected chi connectivity index (χ4v) is 11.2. The first kappa shape index (κ1) is 74.0. The number of hydrogen-bond acceptors (Lipinski definition) is 20. The number of ether oxygens (including phenoxy) is 8. The molecule has 0 unspecified atom stereocenters. The fraction of sp³-hybridized carbons (Fsp3) is 0.569. The smallest absolute Gasteiger partial charge is 0.340 e. The van der Waals surface area contributed by atoms with Crippen molar-refractivity contribution in [1.82, 2.24) is 19.6 Å². The molecule has 6 rings (SSSR count). The van der Waals surface area contributed by atoms with Crippen molar-refractivity contribution in [2.75, 3.05) is 85.1 Å². The van der Waals surface area contributed by atoms with Gasteiger partial charge in [0.15, 0.2) is 12.2 Å². The molecule has 2 fully saturated rings. The minimum Gasteiger partial charge on any atom is -0.459 e. The Bertz CT molecular complexity index is 2920. The van der Waals surface area contributed by atoms with Crippen molar-refractivity contribution in [3.63, 3.8) is 0 Å². The third-order valence-electron chi connectivity index (χ3n) is 15.4. The summed E-state index contributed by atoms with van der Waals surface area (Å²) in [5.74, 6) is -6.51. The lowest BCUT2D eigenvalue weighted by Gasteiger charge is -2.50. The second-order valence-corrected chi connectivity index (χ2v) is 26.8.